The highest BCUT2D eigenvalue weighted by Gasteiger charge is 2.22. The van der Waals surface area contributed by atoms with Gasteiger partial charge in [-0.1, -0.05) is 26.0 Å². The number of hydrogen-bond donors (Lipinski definition) is 2. The first-order valence-electron chi connectivity index (χ1n) is 13.8. The predicted molar refractivity (Wildman–Crippen MR) is 168 cm³/mol. The average Bonchev–Trinajstić information content (AvgIpc) is 3.36. The van der Waals surface area contributed by atoms with Crippen molar-refractivity contribution in [3.05, 3.63) is 59.0 Å². The molecule has 6 nitrogen and oxygen atoms in total. The molecule has 1 aliphatic heterocycles. The topological polar surface area (TPSA) is 62.3 Å². The Hall–Kier alpha value is -2.81. The number of hydrogen-bond acceptors (Lipinski definition) is 8. The second kappa shape index (κ2) is 12.1. The Morgan fingerprint density at radius 1 is 1.00 bits per heavy atom. The van der Waals surface area contributed by atoms with E-state index in [1.54, 1.807) is 11.3 Å². The van der Waals surface area contributed by atoms with E-state index in [0.717, 1.165) is 46.2 Å². The maximum absolute atomic E-state index is 6.33. The van der Waals surface area contributed by atoms with Gasteiger partial charge in [0.1, 0.15) is 5.75 Å². The standard InChI is InChI=1S/C31H39N5OS2/c1-19(2)37-27-18-23(22-11-14-36(6)15-12-22)21(5)17-26(27)34-31-33-25-13-16-38-29(25)30(35-31)32-24-9-7-8-10-28(24)39-20(3)4/h7-10,13,16-20,22H,11-12,14-15H2,1-6H3,(H2,32,33,34,35). The number of rotatable bonds is 9. The van der Waals surface area contributed by atoms with Crippen LogP contribution in [-0.2, 0) is 0 Å². The zero-order valence-corrected chi connectivity index (χ0v) is 25.4. The number of para-hydroxylation sites is 1. The number of nitrogens with zero attached hydrogens (tertiary/aromatic N) is 3. The minimum Gasteiger partial charge on any atom is -0.489 e. The molecule has 2 N–H and O–H groups in total. The lowest BCUT2D eigenvalue weighted by Crippen LogP contribution is -2.29. The first-order chi connectivity index (χ1) is 18.8. The van der Waals surface area contributed by atoms with Gasteiger partial charge in [0.2, 0.25) is 5.95 Å². The third-order valence-corrected chi connectivity index (χ3v) is 8.93. The first kappa shape index (κ1) is 27.7. The van der Waals surface area contributed by atoms with Gasteiger partial charge in [-0.3, -0.25) is 0 Å². The Bertz CT molecular complexity index is 1430. The largest absolute Gasteiger partial charge is 0.489 e. The van der Waals surface area contributed by atoms with Gasteiger partial charge in [-0.15, -0.1) is 23.1 Å². The van der Waals surface area contributed by atoms with Crippen molar-refractivity contribution in [2.45, 2.75) is 69.6 Å². The molecule has 0 saturated carbocycles. The number of thiophene rings is 1. The van der Waals surface area contributed by atoms with Gasteiger partial charge in [0.15, 0.2) is 5.82 Å². The van der Waals surface area contributed by atoms with Crippen LogP contribution in [0.5, 0.6) is 5.75 Å². The number of thioether (sulfide) groups is 1. The maximum Gasteiger partial charge on any atom is 0.229 e. The van der Waals surface area contributed by atoms with Gasteiger partial charge in [0.05, 0.1) is 27.7 Å². The van der Waals surface area contributed by atoms with E-state index in [4.69, 9.17) is 14.7 Å². The fourth-order valence-corrected chi connectivity index (χ4v) is 6.78. The summed E-state index contributed by atoms with van der Waals surface area (Å²) in [5.41, 5.74) is 5.53. The van der Waals surface area contributed by atoms with Gasteiger partial charge in [0, 0.05) is 10.1 Å². The van der Waals surface area contributed by atoms with E-state index < -0.39 is 0 Å². The van der Waals surface area contributed by atoms with Gasteiger partial charge in [-0.2, -0.15) is 4.98 Å². The van der Waals surface area contributed by atoms with E-state index in [2.05, 4.69) is 99.0 Å². The summed E-state index contributed by atoms with van der Waals surface area (Å²) in [6, 6.07) is 14.9. The third kappa shape index (κ3) is 6.68. The number of aryl methyl sites for hydroxylation is 1. The number of nitrogens with one attached hydrogen (secondary N) is 2. The smallest absolute Gasteiger partial charge is 0.229 e. The SMILES string of the molecule is Cc1cc(Nc2nc(Nc3ccccc3SC(C)C)c3sccc3n2)c(OC(C)C)cc1C1CCN(C)CC1. The molecule has 2 aromatic carbocycles. The third-order valence-electron chi connectivity index (χ3n) is 6.94. The van der Waals surface area contributed by atoms with Gasteiger partial charge in [0.25, 0.3) is 0 Å². The Kier molecular flexibility index (Phi) is 8.64. The highest BCUT2D eigenvalue weighted by molar-refractivity contribution is 8.00. The normalized spacial score (nSPS) is 14.9. The quantitative estimate of drug-likeness (QED) is 0.198. The summed E-state index contributed by atoms with van der Waals surface area (Å²) in [5, 5.41) is 9.68. The average molecular weight is 562 g/mol. The molecule has 1 fully saturated rings. The molecule has 0 aliphatic carbocycles. The molecular weight excluding hydrogens is 523 g/mol. The van der Waals surface area contributed by atoms with E-state index in [-0.39, 0.29) is 6.10 Å². The van der Waals surface area contributed by atoms with Crippen LogP contribution in [0, 0.1) is 6.92 Å². The molecule has 0 amide bonds. The van der Waals surface area contributed by atoms with Crippen molar-refractivity contribution >= 4 is 56.5 Å². The summed E-state index contributed by atoms with van der Waals surface area (Å²) >= 11 is 3.49. The number of likely N-dealkylation sites (tertiary alicyclic amines) is 1. The molecule has 0 atom stereocenters. The second-order valence-corrected chi connectivity index (χ2v) is 13.4. The summed E-state index contributed by atoms with van der Waals surface area (Å²) in [4.78, 5) is 13.4. The Balaban J connectivity index is 1.49. The highest BCUT2D eigenvalue weighted by atomic mass is 32.2. The van der Waals surface area contributed by atoms with E-state index >= 15 is 0 Å². The molecule has 39 heavy (non-hydrogen) atoms. The lowest BCUT2D eigenvalue weighted by molar-refractivity contribution is 0.241. The second-order valence-electron chi connectivity index (χ2n) is 10.9. The van der Waals surface area contributed by atoms with Crippen LogP contribution in [0.15, 0.2) is 52.7 Å². The molecule has 0 bridgehead atoms. The zero-order chi connectivity index (χ0) is 27.5. The number of benzene rings is 2. The summed E-state index contributed by atoms with van der Waals surface area (Å²) in [6.45, 7) is 13.0. The van der Waals surface area contributed by atoms with Crippen molar-refractivity contribution in [1.29, 1.82) is 0 Å². The van der Waals surface area contributed by atoms with Crippen molar-refractivity contribution in [2.75, 3.05) is 30.8 Å². The van der Waals surface area contributed by atoms with Crippen molar-refractivity contribution in [3.63, 3.8) is 0 Å². The Morgan fingerprint density at radius 2 is 1.77 bits per heavy atom. The number of fused-ring (bicyclic) bond motifs is 1. The van der Waals surface area contributed by atoms with Crippen LogP contribution in [0.4, 0.5) is 23.1 Å². The lowest BCUT2D eigenvalue weighted by atomic mass is 9.86. The molecule has 1 aliphatic rings. The van der Waals surface area contributed by atoms with Gasteiger partial charge in [-0.05, 0) is 107 Å². The monoisotopic (exact) mass is 561 g/mol. The first-order valence-corrected chi connectivity index (χ1v) is 15.6. The van der Waals surface area contributed by atoms with E-state index in [9.17, 15) is 0 Å². The molecule has 0 spiro atoms. The van der Waals surface area contributed by atoms with Crippen molar-refractivity contribution < 1.29 is 4.74 Å². The van der Waals surface area contributed by atoms with Gasteiger partial charge >= 0.3 is 0 Å². The molecule has 5 rings (SSSR count). The van der Waals surface area contributed by atoms with E-state index in [1.807, 2.05) is 17.8 Å². The summed E-state index contributed by atoms with van der Waals surface area (Å²) in [6.07, 6.45) is 2.41. The van der Waals surface area contributed by atoms with Crippen LogP contribution in [0.1, 0.15) is 57.6 Å². The maximum atomic E-state index is 6.33. The molecule has 4 aromatic rings. The molecule has 0 unspecified atom stereocenters. The molecule has 8 heteroatoms. The van der Waals surface area contributed by atoms with Crippen molar-refractivity contribution in [1.82, 2.24) is 14.9 Å². The van der Waals surface area contributed by atoms with E-state index in [1.165, 1.54) is 28.9 Å². The lowest BCUT2D eigenvalue weighted by Gasteiger charge is -2.30. The molecule has 0 radical (unpaired) electrons. The minimum absolute atomic E-state index is 0.0612. The summed E-state index contributed by atoms with van der Waals surface area (Å²) in [7, 11) is 2.21. The molecule has 206 valence electrons. The van der Waals surface area contributed by atoms with E-state index in [0.29, 0.717) is 17.1 Å². The summed E-state index contributed by atoms with van der Waals surface area (Å²) < 4.78 is 7.37. The van der Waals surface area contributed by atoms with Crippen molar-refractivity contribution in [2.24, 2.45) is 0 Å². The van der Waals surface area contributed by atoms with Crippen LogP contribution in [0.3, 0.4) is 0 Å². The predicted octanol–water partition coefficient (Wildman–Crippen LogP) is 8.58. The molecular formula is C31H39N5OS2. The molecule has 1 saturated heterocycles. The van der Waals surface area contributed by atoms with Crippen LogP contribution >= 0.6 is 23.1 Å². The number of aromatic nitrogens is 2. The van der Waals surface area contributed by atoms with Gasteiger partial charge in [-0.25, -0.2) is 4.98 Å². The number of piperidine rings is 1. The molecule has 3 heterocycles. The van der Waals surface area contributed by atoms with Crippen LogP contribution in [0.2, 0.25) is 0 Å². The van der Waals surface area contributed by atoms with Crippen molar-refractivity contribution in [3.8, 4) is 5.75 Å². The zero-order valence-electron chi connectivity index (χ0n) is 23.7. The number of anilines is 4. The van der Waals surface area contributed by atoms with Gasteiger partial charge < -0.3 is 20.3 Å². The highest BCUT2D eigenvalue weighted by Crippen LogP contribution is 2.39. The minimum atomic E-state index is 0.0612. The van der Waals surface area contributed by atoms with Crippen LogP contribution in [-0.4, -0.2) is 46.4 Å². The fraction of sp³-hybridized carbons (Fsp3) is 0.419. The van der Waals surface area contributed by atoms with Crippen LogP contribution in [0.25, 0.3) is 10.2 Å². The summed E-state index contributed by atoms with van der Waals surface area (Å²) in [5.74, 6) is 2.77. The number of ether oxygens (including phenoxy) is 1. The fourth-order valence-electron chi connectivity index (χ4n) is 5.09. The Labute approximate surface area is 240 Å². The molecule has 2 aromatic heterocycles. The van der Waals surface area contributed by atoms with Crippen LogP contribution < -0.4 is 15.4 Å². The Morgan fingerprint density at radius 3 is 2.51 bits per heavy atom.